The van der Waals surface area contributed by atoms with Crippen LogP contribution in [-0.4, -0.2) is 34.2 Å². The normalized spacial score (nSPS) is 22.2. The summed E-state index contributed by atoms with van der Waals surface area (Å²) in [5, 5.41) is 10.7. The lowest BCUT2D eigenvalue weighted by molar-refractivity contribution is -0.120. The first-order chi connectivity index (χ1) is 12.2. The molecule has 1 spiro atoms. The van der Waals surface area contributed by atoms with E-state index >= 15 is 0 Å². The Morgan fingerprint density at radius 3 is 2.84 bits per heavy atom. The Morgan fingerprint density at radius 1 is 1.32 bits per heavy atom. The zero-order valence-electron chi connectivity index (χ0n) is 13.6. The first-order valence-electron chi connectivity index (χ1n) is 8.10. The molecule has 1 fully saturated rings. The maximum Gasteiger partial charge on any atom is 0.254 e. The van der Waals surface area contributed by atoms with Crippen LogP contribution in [0.15, 0.2) is 42.9 Å². The Balaban J connectivity index is 1.58. The summed E-state index contributed by atoms with van der Waals surface area (Å²) < 4.78 is 0. The largest absolute Gasteiger partial charge is 0.404 e. The number of nitrogens with two attached hydrogens (primary N) is 1. The number of carbonyl (C=O) groups is 1. The van der Waals surface area contributed by atoms with Crippen LogP contribution in [0.25, 0.3) is 5.57 Å². The smallest absolute Gasteiger partial charge is 0.254 e. The molecule has 1 aromatic heterocycles. The number of nitrogens with zero attached hydrogens (tertiary/aromatic N) is 3. The van der Waals surface area contributed by atoms with Gasteiger partial charge in [0, 0.05) is 36.6 Å². The van der Waals surface area contributed by atoms with E-state index in [4.69, 9.17) is 11.1 Å². The van der Waals surface area contributed by atoms with Crippen LogP contribution in [0.5, 0.6) is 0 Å². The van der Waals surface area contributed by atoms with Crippen molar-refractivity contribution < 1.29 is 4.79 Å². The summed E-state index contributed by atoms with van der Waals surface area (Å²) in [6.07, 6.45) is 6.94. The molecule has 1 aromatic carbocycles. The van der Waals surface area contributed by atoms with Gasteiger partial charge in [-0.1, -0.05) is 18.2 Å². The number of para-hydroxylation sites is 1. The van der Waals surface area contributed by atoms with Gasteiger partial charge in [-0.2, -0.15) is 0 Å². The van der Waals surface area contributed by atoms with Gasteiger partial charge in [-0.15, -0.1) is 0 Å². The number of nitrogens with one attached hydrogen (secondary N) is 2. The Labute approximate surface area is 145 Å². The second kappa shape index (κ2) is 5.70. The van der Waals surface area contributed by atoms with Gasteiger partial charge in [-0.05, 0) is 18.1 Å². The number of carbonyl (C=O) groups excluding carboxylic acids is 1. The number of benzene rings is 1. The van der Waals surface area contributed by atoms with E-state index in [-0.39, 0.29) is 5.91 Å². The van der Waals surface area contributed by atoms with Crippen molar-refractivity contribution in [3.63, 3.8) is 0 Å². The summed E-state index contributed by atoms with van der Waals surface area (Å²) >= 11 is 0. The minimum atomic E-state index is -0.582. The quantitative estimate of drug-likeness (QED) is 0.738. The minimum Gasteiger partial charge on any atom is -0.404 e. The highest BCUT2D eigenvalue weighted by atomic mass is 16.2. The number of fused-ring (bicyclic) bond motifs is 1. The molecule has 0 radical (unpaired) electrons. The lowest BCUT2D eigenvalue weighted by Crippen LogP contribution is -2.45. The summed E-state index contributed by atoms with van der Waals surface area (Å²) in [6.45, 7) is 0.595. The van der Waals surface area contributed by atoms with E-state index in [1.807, 2.05) is 18.2 Å². The van der Waals surface area contributed by atoms with Crippen molar-refractivity contribution in [1.82, 2.24) is 9.97 Å². The zero-order valence-corrected chi connectivity index (χ0v) is 13.6. The molecule has 1 saturated heterocycles. The number of allylic oxidation sites excluding steroid dienone is 1. The highest BCUT2D eigenvalue weighted by Gasteiger charge is 2.50. The van der Waals surface area contributed by atoms with Gasteiger partial charge in [0.25, 0.3) is 5.91 Å². The Hall–Kier alpha value is -3.22. The molecule has 0 saturated carbocycles. The van der Waals surface area contributed by atoms with Gasteiger partial charge in [0.2, 0.25) is 0 Å². The zero-order chi connectivity index (χ0) is 17.4. The number of hydrogen-bond acceptors (Lipinski definition) is 6. The number of anilines is 2. The molecule has 126 valence electrons. The van der Waals surface area contributed by atoms with E-state index in [1.165, 1.54) is 18.0 Å². The van der Waals surface area contributed by atoms with E-state index in [0.29, 0.717) is 30.1 Å². The summed E-state index contributed by atoms with van der Waals surface area (Å²) in [6, 6.07) is 8.03. The molecule has 4 N–H and O–H groups in total. The predicted molar refractivity (Wildman–Crippen MR) is 96.4 cm³/mol. The fourth-order valence-corrected chi connectivity index (χ4v) is 3.51. The number of amides is 1. The Morgan fingerprint density at radius 2 is 2.16 bits per heavy atom. The third-order valence-electron chi connectivity index (χ3n) is 4.85. The third kappa shape index (κ3) is 2.36. The van der Waals surface area contributed by atoms with Crippen LogP contribution in [0.2, 0.25) is 0 Å². The molecule has 1 amide bonds. The minimum absolute atomic E-state index is 0.0207. The monoisotopic (exact) mass is 334 g/mol. The van der Waals surface area contributed by atoms with E-state index in [2.05, 4.69) is 21.4 Å². The Kier molecular flexibility index (Phi) is 3.49. The number of rotatable bonds is 3. The van der Waals surface area contributed by atoms with E-state index in [1.54, 1.807) is 11.1 Å². The van der Waals surface area contributed by atoms with Crippen LogP contribution in [0, 0.1) is 5.41 Å². The van der Waals surface area contributed by atoms with Gasteiger partial charge in [-0.3, -0.25) is 14.7 Å². The Bertz CT molecular complexity index is 848. The molecule has 2 aliphatic rings. The van der Waals surface area contributed by atoms with Crippen molar-refractivity contribution in [3.05, 3.63) is 54.1 Å². The molecule has 0 aliphatic carbocycles. The topological polar surface area (TPSA) is 108 Å². The van der Waals surface area contributed by atoms with Crippen LogP contribution < -0.4 is 16.0 Å². The van der Waals surface area contributed by atoms with Crippen LogP contribution in [0.4, 0.5) is 11.5 Å². The average molecular weight is 334 g/mol. The van der Waals surface area contributed by atoms with Gasteiger partial charge in [-0.25, -0.2) is 4.98 Å². The second-order valence-electron chi connectivity index (χ2n) is 6.27. The van der Waals surface area contributed by atoms with Gasteiger partial charge in [0.15, 0.2) is 5.82 Å². The summed E-state index contributed by atoms with van der Waals surface area (Å²) in [7, 11) is 0. The van der Waals surface area contributed by atoms with Crippen molar-refractivity contribution in [3.8, 4) is 0 Å². The van der Waals surface area contributed by atoms with E-state index in [0.717, 1.165) is 18.3 Å². The first-order valence-corrected chi connectivity index (χ1v) is 8.10. The molecule has 1 atom stereocenters. The van der Waals surface area contributed by atoms with Crippen LogP contribution in [0.1, 0.15) is 17.7 Å². The van der Waals surface area contributed by atoms with E-state index in [9.17, 15) is 4.79 Å². The third-order valence-corrected chi connectivity index (χ3v) is 4.85. The lowest BCUT2D eigenvalue weighted by Gasteiger charge is -2.23. The van der Waals surface area contributed by atoms with Crippen LogP contribution in [0.3, 0.4) is 0 Å². The lowest BCUT2D eigenvalue weighted by atomic mass is 9.94. The maximum absolute atomic E-state index is 13.1. The molecule has 2 aromatic rings. The second-order valence-corrected chi connectivity index (χ2v) is 6.27. The van der Waals surface area contributed by atoms with Crippen molar-refractivity contribution in [2.45, 2.75) is 18.4 Å². The van der Waals surface area contributed by atoms with Crippen molar-refractivity contribution in [2.75, 3.05) is 16.8 Å². The number of hydrogen-bond donors (Lipinski definition) is 3. The molecule has 4 rings (SSSR count). The van der Waals surface area contributed by atoms with Gasteiger partial charge in [0.05, 0.1) is 18.1 Å². The summed E-state index contributed by atoms with van der Waals surface area (Å²) in [5.41, 5.74) is 8.07. The molecular formula is C18H18N6O. The molecular weight excluding hydrogens is 316 g/mol. The van der Waals surface area contributed by atoms with Gasteiger partial charge >= 0.3 is 0 Å². The van der Waals surface area contributed by atoms with E-state index < -0.39 is 5.54 Å². The molecule has 2 aliphatic heterocycles. The van der Waals surface area contributed by atoms with Gasteiger partial charge in [0.1, 0.15) is 5.54 Å². The molecule has 25 heavy (non-hydrogen) atoms. The molecule has 7 heteroatoms. The summed E-state index contributed by atoms with van der Waals surface area (Å²) in [5.74, 6) is 0.539. The van der Waals surface area contributed by atoms with Crippen molar-refractivity contribution in [1.29, 1.82) is 5.41 Å². The van der Waals surface area contributed by atoms with Crippen molar-refractivity contribution in [2.24, 2.45) is 5.73 Å². The van der Waals surface area contributed by atoms with Gasteiger partial charge < -0.3 is 16.5 Å². The maximum atomic E-state index is 13.1. The fraction of sp³-hybridized carbons (Fsp3) is 0.222. The van der Waals surface area contributed by atoms with Crippen LogP contribution >= 0.6 is 0 Å². The number of aromatic nitrogens is 2. The average Bonchev–Trinajstić information content (AvgIpc) is 3.17. The first kappa shape index (κ1) is 15.3. The molecule has 0 bridgehead atoms. The summed E-state index contributed by atoms with van der Waals surface area (Å²) in [4.78, 5) is 23.4. The van der Waals surface area contributed by atoms with Crippen molar-refractivity contribution >= 4 is 29.2 Å². The molecule has 1 unspecified atom stereocenters. The van der Waals surface area contributed by atoms with Crippen LogP contribution in [-0.2, 0) is 11.2 Å². The fourth-order valence-electron chi connectivity index (χ4n) is 3.51. The predicted octanol–water partition coefficient (Wildman–Crippen LogP) is 1.57. The highest BCUT2D eigenvalue weighted by molar-refractivity contribution is 6.07. The molecule has 3 heterocycles. The highest BCUT2D eigenvalue weighted by Crippen LogP contribution is 2.39. The SMILES string of the molecule is N=C/C(=C\N)c1cnc(N2CCC3(Cc4ccccc4N3)C2=O)cn1. The standard InChI is InChI=1S/C18H18N6O/c19-8-13(9-20)15-10-22-16(11-21-15)24-6-5-18(17(24)25)7-12-3-1-2-4-14(12)23-18/h1-4,8-11,19,23H,5-7,20H2/b13-9+,19-8?. The molecule has 7 nitrogen and oxygen atoms in total.